The van der Waals surface area contributed by atoms with Crippen LogP contribution in [0.4, 0.5) is 5.69 Å². The number of fused-ring (bicyclic) bond motifs is 1. The number of carbonyl (C=O) groups is 1. The number of H-pyrrole nitrogens is 1. The third-order valence-corrected chi connectivity index (χ3v) is 5.95. The number of amides is 1. The minimum atomic E-state index is -0.157. The van der Waals surface area contributed by atoms with E-state index in [-0.39, 0.29) is 24.1 Å². The molecule has 0 saturated carbocycles. The van der Waals surface area contributed by atoms with Gasteiger partial charge in [0, 0.05) is 35.6 Å². The number of anilines is 1. The summed E-state index contributed by atoms with van der Waals surface area (Å²) < 4.78 is 0. The molecule has 0 saturated heterocycles. The maximum Gasteiger partial charge on any atom is 0.253 e. The lowest BCUT2D eigenvalue weighted by Gasteiger charge is -2.37. The average Bonchev–Trinajstić information content (AvgIpc) is 2.73. The molecule has 0 bridgehead atoms. The molecular weight excluding hydrogens is 374 g/mol. The first-order valence-electron chi connectivity index (χ1n) is 10.4. The maximum atomic E-state index is 12.7. The summed E-state index contributed by atoms with van der Waals surface area (Å²) >= 11 is 0. The highest BCUT2D eigenvalue weighted by atomic mass is 16.1. The molecule has 0 fully saturated rings. The van der Waals surface area contributed by atoms with Gasteiger partial charge >= 0.3 is 0 Å². The number of hydrogen-bond donors (Lipinski definition) is 2. The quantitative estimate of drug-likeness (QED) is 0.693. The molecule has 1 atom stereocenters. The Morgan fingerprint density at radius 1 is 1.13 bits per heavy atom. The van der Waals surface area contributed by atoms with E-state index in [2.05, 4.69) is 52.5 Å². The Bertz CT molecular complexity index is 1130. The third kappa shape index (κ3) is 3.88. The van der Waals surface area contributed by atoms with Crippen LogP contribution >= 0.6 is 0 Å². The van der Waals surface area contributed by atoms with Crippen LogP contribution in [0.25, 0.3) is 0 Å². The third-order valence-electron chi connectivity index (χ3n) is 5.95. The summed E-state index contributed by atoms with van der Waals surface area (Å²) in [6, 6.07) is 18.5. The number of para-hydroxylation sites is 1. The Hall–Kier alpha value is -3.34. The summed E-state index contributed by atoms with van der Waals surface area (Å²) in [6.45, 7) is 7.08. The predicted molar refractivity (Wildman–Crippen MR) is 120 cm³/mol. The predicted octanol–water partition coefficient (Wildman–Crippen LogP) is 4.05. The highest BCUT2D eigenvalue weighted by Gasteiger charge is 2.24. The number of aryl methyl sites for hydroxylation is 2. The Morgan fingerprint density at radius 3 is 2.63 bits per heavy atom. The van der Waals surface area contributed by atoms with Gasteiger partial charge in [0.05, 0.1) is 6.04 Å². The Kier molecular flexibility index (Phi) is 5.44. The van der Waals surface area contributed by atoms with Gasteiger partial charge in [-0.2, -0.15) is 0 Å². The van der Waals surface area contributed by atoms with Gasteiger partial charge in [-0.1, -0.05) is 24.3 Å². The lowest BCUT2D eigenvalue weighted by molar-refractivity contribution is 0.0950. The minimum Gasteiger partial charge on any atom is -0.364 e. The second kappa shape index (κ2) is 8.19. The maximum absolute atomic E-state index is 12.7. The molecule has 30 heavy (non-hydrogen) atoms. The van der Waals surface area contributed by atoms with Gasteiger partial charge in [0.15, 0.2) is 0 Å². The van der Waals surface area contributed by atoms with Gasteiger partial charge in [-0.25, -0.2) is 0 Å². The molecule has 3 aromatic rings. The zero-order chi connectivity index (χ0) is 21.3. The molecule has 5 heteroatoms. The molecule has 2 aromatic carbocycles. The van der Waals surface area contributed by atoms with Gasteiger partial charge < -0.3 is 15.2 Å². The molecule has 1 unspecified atom stereocenters. The lowest BCUT2D eigenvalue weighted by atomic mass is 9.91. The van der Waals surface area contributed by atoms with Crippen LogP contribution in [0.5, 0.6) is 0 Å². The molecule has 1 amide bonds. The number of rotatable bonds is 4. The van der Waals surface area contributed by atoms with Crippen molar-refractivity contribution in [1.29, 1.82) is 0 Å². The first-order valence-corrected chi connectivity index (χ1v) is 10.4. The van der Waals surface area contributed by atoms with Gasteiger partial charge in [0.1, 0.15) is 0 Å². The van der Waals surface area contributed by atoms with Crippen LogP contribution < -0.4 is 15.8 Å². The number of carbonyl (C=O) groups excluding carboxylic acids is 1. The van der Waals surface area contributed by atoms with Crippen molar-refractivity contribution in [3.63, 3.8) is 0 Å². The zero-order valence-electron chi connectivity index (χ0n) is 17.7. The molecule has 0 radical (unpaired) electrons. The molecule has 2 heterocycles. The van der Waals surface area contributed by atoms with Crippen LogP contribution in [0.3, 0.4) is 0 Å². The van der Waals surface area contributed by atoms with Crippen molar-refractivity contribution in [3.05, 3.63) is 98.5 Å². The van der Waals surface area contributed by atoms with Gasteiger partial charge in [-0.3, -0.25) is 9.59 Å². The topological polar surface area (TPSA) is 65.2 Å². The van der Waals surface area contributed by atoms with E-state index in [1.165, 1.54) is 16.8 Å². The number of nitrogens with one attached hydrogen (secondary N) is 2. The van der Waals surface area contributed by atoms with E-state index in [9.17, 15) is 9.59 Å². The number of hydrogen-bond acceptors (Lipinski definition) is 3. The molecule has 154 valence electrons. The second-order valence-corrected chi connectivity index (χ2v) is 7.99. The van der Waals surface area contributed by atoms with Crippen LogP contribution in [0, 0.1) is 13.8 Å². The summed E-state index contributed by atoms with van der Waals surface area (Å²) in [7, 11) is 0. The first-order chi connectivity index (χ1) is 14.4. The van der Waals surface area contributed by atoms with E-state index in [1.807, 2.05) is 38.1 Å². The molecule has 2 N–H and O–H groups in total. The summed E-state index contributed by atoms with van der Waals surface area (Å²) in [5.41, 5.74) is 6.48. The number of aromatic nitrogens is 1. The monoisotopic (exact) mass is 401 g/mol. The minimum absolute atomic E-state index is 0.145. The van der Waals surface area contributed by atoms with Crippen LogP contribution in [0.15, 0.2) is 59.4 Å². The molecule has 0 spiro atoms. The molecule has 0 aliphatic carbocycles. The normalized spacial score (nSPS) is 15.6. The largest absolute Gasteiger partial charge is 0.364 e. The summed E-state index contributed by atoms with van der Waals surface area (Å²) in [4.78, 5) is 30.1. The van der Waals surface area contributed by atoms with Gasteiger partial charge in [-0.05, 0) is 74.2 Å². The average molecular weight is 402 g/mol. The van der Waals surface area contributed by atoms with Crippen molar-refractivity contribution < 1.29 is 4.79 Å². The van der Waals surface area contributed by atoms with E-state index in [4.69, 9.17) is 0 Å². The van der Waals surface area contributed by atoms with E-state index in [1.54, 1.807) is 0 Å². The first kappa shape index (κ1) is 20.0. The molecule has 1 aliphatic rings. The van der Waals surface area contributed by atoms with E-state index < -0.39 is 0 Å². The van der Waals surface area contributed by atoms with E-state index in [0.29, 0.717) is 11.1 Å². The van der Waals surface area contributed by atoms with Crippen LogP contribution in [0.1, 0.15) is 51.3 Å². The van der Waals surface area contributed by atoms with Crippen LogP contribution in [-0.2, 0) is 13.0 Å². The van der Waals surface area contributed by atoms with Gasteiger partial charge in [0.2, 0.25) is 0 Å². The molecule has 1 aromatic heterocycles. The van der Waals surface area contributed by atoms with Crippen molar-refractivity contribution in [3.8, 4) is 0 Å². The fourth-order valence-electron chi connectivity index (χ4n) is 4.32. The van der Waals surface area contributed by atoms with Crippen molar-refractivity contribution in [2.24, 2.45) is 0 Å². The van der Waals surface area contributed by atoms with Crippen molar-refractivity contribution in [1.82, 2.24) is 10.3 Å². The Balaban J connectivity index is 1.50. The summed E-state index contributed by atoms with van der Waals surface area (Å²) in [5, 5.41) is 2.90. The summed E-state index contributed by atoms with van der Waals surface area (Å²) in [5.74, 6) is -0.157. The fraction of sp³-hybridized carbons (Fsp3) is 0.280. The number of pyridine rings is 1. The Labute approximate surface area is 176 Å². The summed E-state index contributed by atoms with van der Waals surface area (Å²) in [6.07, 6.45) is 0.895. The van der Waals surface area contributed by atoms with E-state index in [0.717, 1.165) is 24.2 Å². The van der Waals surface area contributed by atoms with Crippen molar-refractivity contribution >= 4 is 11.6 Å². The Morgan fingerprint density at radius 2 is 1.90 bits per heavy atom. The number of aromatic amines is 1. The fourth-order valence-corrected chi connectivity index (χ4v) is 4.32. The van der Waals surface area contributed by atoms with Crippen molar-refractivity contribution in [2.45, 2.75) is 39.8 Å². The SMILES string of the molecule is Cc1cc(C)c(CNC(=O)c2ccc3c(c2)CCN(c2ccccc2)C3C)c(=O)[nH]1. The smallest absolute Gasteiger partial charge is 0.253 e. The highest BCUT2D eigenvalue weighted by molar-refractivity contribution is 5.94. The molecule has 1 aliphatic heterocycles. The van der Waals surface area contributed by atoms with Gasteiger partial charge in [0.25, 0.3) is 11.5 Å². The highest BCUT2D eigenvalue weighted by Crippen LogP contribution is 2.33. The van der Waals surface area contributed by atoms with Crippen LogP contribution in [-0.4, -0.2) is 17.4 Å². The number of nitrogens with zero attached hydrogens (tertiary/aromatic N) is 1. The second-order valence-electron chi connectivity index (χ2n) is 7.99. The van der Waals surface area contributed by atoms with E-state index >= 15 is 0 Å². The van der Waals surface area contributed by atoms with Crippen molar-refractivity contribution in [2.75, 3.05) is 11.4 Å². The molecule has 5 nitrogen and oxygen atoms in total. The van der Waals surface area contributed by atoms with Gasteiger partial charge in [-0.15, -0.1) is 0 Å². The van der Waals surface area contributed by atoms with Crippen LogP contribution in [0.2, 0.25) is 0 Å². The molecule has 4 rings (SSSR count). The zero-order valence-corrected chi connectivity index (χ0v) is 17.7. The molecular formula is C25H27N3O2. The lowest BCUT2D eigenvalue weighted by Crippen LogP contribution is -2.34. The number of benzene rings is 2. The standard InChI is InChI=1S/C25H27N3O2/c1-16-13-17(2)27-25(30)23(16)15-26-24(29)20-9-10-22-18(3)28(12-11-19(22)14-20)21-7-5-4-6-8-21/h4-10,13-14,18H,11-12,15H2,1-3H3,(H,26,29)(H,27,30).